The van der Waals surface area contributed by atoms with Gasteiger partial charge in [-0.1, -0.05) is 32.6 Å². The minimum Gasteiger partial charge on any atom is -0.369 e. The molecule has 0 spiro atoms. The van der Waals surface area contributed by atoms with E-state index in [2.05, 4.69) is 10.6 Å². The van der Waals surface area contributed by atoms with Gasteiger partial charge in [0, 0.05) is 26.2 Å². The summed E-state index contributed by atoms with van der Waals surface area (Å²) in [7, 11) is 1.59. The van der Waals surface area contributed by atoms with Gasteiger partial charge in [-0.15, -0.1) is 0 Å². The Bertz CT molecular complexity index is 257. The second-order valence-corrected chi connectivity index (χ2v) is 5.69. The number of amides is 1. The molecule has 0 aliphatic heterocycles. The van der Waals surface area contributed by atoms with Gasteiger partial charge in [0.15, 0.2) is 0 Å². The Morgan fingerprint density at radius 1 is 1.21 bits per heavy atom. The van der Waals surface area contributed by atoms with E-state index >= 15 is 0 Å². The zero-order valence-electron chi connectivity index (χ0n) is 12.8. The summed E-state index contributed by atoms with van der Waals surface area (Å²) in [6.45, 7) is 5.32. The van der Waals surface area contributed by atoms with Crippen LogP contribution in [0.1, 0.15) is 58.8 Å². The first kappa shape index (κ1) is 16.4. The molecule has 1 aliphatic rings. The van der Waals surface area contributed by atoms with Gasteiger partial charge in [0.25, 0.3) is 5.91 Å². The maximum absolute atomic E-state index is 12.0. The van der Waals surface area contributed by atoms with Crippen molar-refractivity contribution >= 4 is 5.91 Å². The molecule has 19 heavy (non-hydrogen) atoms. The first-order valence-corrected chi connectivity index (χ1v) is 7.69. The van der Waals surface area contributed by atoms with Gasteiger partial charge < -0.3 is 15.4 Å². The number of carbonyl (C=O) groups excluding carboxylic acids is 1. The fourth-order valence-electron chi connectivity index (χ4n) is 2.52. The number of rotatable bonds is 7. The van der Waals surface area contributed by atoms with E-state index in [0.717, 1.165) is 6.54 Å². The van der Waals surface area contributed by atoms with Crippen LogP contribution in [0.2, 0.25) is 0 Å². The monoisotopic (exact) mass is 270 g/mol. The maximum Gasteiger partial charge on any atom is 0.251 e. The predicted molar refractivity (Wildman–Crippen MR) is 78.2 cm³/mol. The summed E-state index contributed by atoms with van der Waals surface area (Å²) in [6, 6.07) is 0.638. The van der Waals surface area contributed by atoms with Gasteiger partial charge in [-0.3, -0.25) is 4.79 Å². The Morgan fingerprint density at radius 2 is 1.84 bits per heavy atom. The van der Waals surface area contributed by atoms with Gasteiger partial charge >= 0.3 is 0 Å². The molecule has 1 rings (SSSR count). The molecule has 2 N–H and O–H groups in total. The second kappa shape index (κ2) is 8.54. The molecular formula is C15H30N2O2. The first-order valence-electron chi connectivity index (χ1n) is 7.69. The highest BCUT2D eigenvalue weighted by molar-refractivity contribution is 5.84. The van der Waals surface area contributed by atoms with Gasteiger partial charge in [0.2, 0.25) is 0 Å². The molecule has 4 heteroatoms. The number of carbonyl (C=O) groups is 1. The van der Waals surface area contributed by atoms with Crippen LogP contribution in [-0.4, -0.2) is 37.7 Å². The summed E-state index contributed by atoms with van der Waals surface area (Å²) < 4.78 is 5.28. The summed E-state index contributed by atoms with van der Waals surface area (Å²) in [4.78, 5) is 12.0. The molecule has 1 unspecified atom stereocenters. The molecule has 1 aliphatic carbocycles. The van der Waals surface area contributed by atoms with Crippen molar-refractivity contribution in [1.82, 2.24) is 10.6 Å². The molecular weight excluding hydrogens is 240 g/mol. The zero-order valence-corrected chi connectivity index (χ0v) is 12.8. The molecule has 1 amide bonds. The average molecular weight is 270 g/mol. The van der Waals surface area contributed by atoms with Gasteiger partial charge in [-0.05, 0) is 26.2 Å². The highest BCUT2D eigenvalue weighted by Gasteiger charge is 2.30. The van der Waals surface area contributed by atoms with Crippen LogP contribution >= 0.6 is 0 Å². The lowest BCUT2D eigenvalue weighted by molar-refractivity contribution is -0.141. The van der Waals surface area contributed by atoms with E-state index in [1.165, 1.54) is 38.5 Å². The van der Waals surface area contributed by atoms with Crippen molar-refractivity contribution in [2.24, 2.45) is 0 Å². The molecule has 112 valence electrons. The van der Waals surface area contributed by atoms with Gasteiger partial charge in [0.1, 0.15) is 5.60 Å². The Balaban J connectivity index is 2.17. The largest absolute Gasteiger partial charge is 0.369 e. The molecule has 1 atom stereocenters. The van der Waals surface area contributed by atoms with E-state index in [4.69, 9.17) is 4.74 Å². The van der Waals surface area contributed by atoms with Crippen molar-refractivity contribution in [3.8, 4) is 0 Å². The SMILES string of the molecule is CCC(C)(OC)C(=O)NCCNC1CCCCCC1. The smallest absolute Gasteiger partial charge is 0.251 e. The molecule has 0 aromatic heterocycles. The van der Waals surface area contributed by atoms with Crippen LogP contribution in [0.25, 0.3) is 0 Å². The van der Waals surface area contributed by atoms with E-state index < -0.39 is 5.60 Å². The normalized spacial score (nSPS) is 20.6. The van der Waals surface area contributed by atoms with E-state index in [9.17, 15) is 4.79 Å². The van der Waals surface area contributed by atoms with E-state index in [0.29, 0.717) is 19.0 Å². The summed E-state index contributed by atoms with van der Waals surface area (Å²) in [5, 5.41) is 6.50. The number of hydrogen-bond donors (Lipinski definition) is 2. The molecule has 1 saturated carbocycles. The van der Waals surface area contributed by atoms with Crippen LogP contribution in [0.15, 0.2) is 0 Å². The minimum absolute atomic E-state index is 0.0137. The highest BCUT2D eigenvalue weighted by Crippen LogP contribution is 2.17. The molecule has 1 fully saturated rings. The van der Waals surface area contributed by atoms with Crippen molar-refractivity contribution in [3.63, 3.8) is 0 Å². The topological polar surface area (TPSA) is 50.4 Å². The molecule has 0 heterocycles. The molecule has 4 nitrogen and oxygen atoms in total. The predicted octanol–water partition coefficient (Wildman–Crippen LogP) is 2.23. The third-order valence-electron chi connectivity index (χ3n) is 4.30. The Labute approximate surface area is 117 Å². The second-order valence-electron chi connectivity index (χ2n) is 5.69. The Morgan fingerprint density at radius 3 is 2.37 bits per heavy atom. The maximum atomic E-state index is 12.0. The minimum atomic E-state index is -0.692. The molecule has 0 radical (unpaired) electrons. The first-order chi connectivity index (χ1) is 9.12. The van der Waals surface area contributed by atoms with Crippen LogP contribution in [0.3, 0.4) is 0 Å². The van der Waals surface area contributed by atoms with Crippen molar-refractivity contribution in [1.29, 1.82) is 0 Å². The van der Waals surface area contributed by atoms with Gasteiger partial charge in [0.05, 0.1) is 0 Å². The van der Waals surface area contributed by atoms with E-state index in [1.807, 2.05) is 13.8 Å². The van der Waals surface area contributed by atoms with Crippen molar-refractivity contribution in [2.45, 2.75) is 70.4 Å². The van der Waals surface area contributed by atoms with Crippen molar-refractivity contribution in [2.75, 3.05) is 20.2 Å². The van der Waals surface area contributed by atoms with Crippen molar-refractivity contribution < 1.29 is 9.53 Å². The molecule has 0 aromatic rings. The third kappa shape index (κ3) is 5.49. The van der Waals surface area contributed by atoms with Gasteiger partial charge in [-0.2, -0.15) is 0 Å². The van der Waals surface area contributed by atoms with Crippen LogP contribution in [0, 0.1) is 0 Å². The standard InChI is InChI=1S/C15H30N2O2/c1-4-15(2,19-3)14(18)17-12-11-16-13-9-7-5-6-8-10-13/h13,16H,4-12H2,1-3H3,(H,17,18). The molecule has 0 aromatic carbocycles. The Kier molecular flexibility index (Phi) is 7.39. The van der Waals surface area contributed by atoms with Gasteiger partial charge in [-0.25, -0.2) is 0 Å². The zero-order chi connectivity index (χ0) is 14.1. The molecule has 0 saturated heterocycles. The molecule has 0 bridgehead atoms. The van der Waals surface area contributed by atoms with Crippen LogP contribution < -0.4 is 10.6 Å². The van der Waals surface area contributed by atoms with Crippen molar-refractivity contribution in [3.05, 3.63) is 0 Å². The lowest BCUT2D eigenvalue weighted by Crippen LogP contribution is -2.47. The van der Waals surface area contributed by atoms with Crippen LogP contribution in [0.5, 0.6) is 0 Å². The summed E-state index contributed by atoms with van der Waals surface area (Å²) in [5.74, 6) is -0.0137. The number of hydrogen-bond acceptors (Lipinski definition) is 3. The third-order valence-corrected chi connectivity index (χ3v) is 4.30. The lowest BCUT2D eigenvalue weighted by Gasteiger charge is -2.25. The van der Waals surface area contributed by atoms with E-state index in [1.54, 1.807) is 7.11 Å². The summed E-state index contributed by atoms with van der Waals surface area (Å²) in [6.07, 6.45) is 8.65. The number of nitrogens with one attached hydrogen (secondary N) is 2. The fraction of sp³-hybridized carbons (Fsp3) is 0.933. The number of methoxy groups -OCH3 is 1. The fourth-order valence-corrected chi connectivity index (χ4v) is 2.52. The quantitative estimate of drug-likeness (QED) is 0.551. The van der Waals surface area contributed by atoms with E-state index in [-0.39, 0.29) is 5.91 Å². The lowest BCUT2D eigenvalue weighted by atomic mass is 10.0. The van der Waals surface area contributed by atoms with Crippen LogP contribution in [0.4, 0.5) is 0 Å². The summed E-state index contributed by atoms with van der Waals surface area (Å²) >= 11 is 0. The number of ether oxygens (including phenoxy) is 1. The van der Waals surface area contributed by atoms with Crippen LogP contribution in [-0.2, 0) is 9.53 Å². The Hall–Kier alpha value is -0.610. The highest BCUT2D eigenvalue weighted by atomic mass is 16.5. The summed E-state index contributed by atoms with van der Waals surface area (Å²) in [5.41, 5.74) is -0.692. The average Bonchev–Trinajstić information content (AvgIpc) is 2.71.